The van der Waals surface area contributed by atoms with Crippen molar-refractivity contribution >= 4 is 12.0 Å². The van der Waals surface area contributed by atoms with Gasteiger partial charge in [-0.05, 0) is 39.0 Å². The largest absolute Gasteiger partial charge is 0.444 e. The van der Waals surface area contributed by atoms with E-state index in [1.807, 2.05) is 26.8 Å². The van der Waals surface area contributed by atoms with Crippen LogP contribution in [-0.4, -0.2) is 68.3 Å². The molecule has 1 aliphatic rings. The van der Waals surface area contributed by atoms with Crippen LogP contribution in [0, 0.1) is 0 Å². The number of hydrogen-bond donors (Lipinski definition) is 0. The minimum atomic E-state index is -0.522. The summed E-state index contributed by atoms with van der Waals surface area (Å²) in [5, 5.41) is 4.11. The molecule has 3 rings (SSSR count). The number of pyridine rings is 1. The molecule has 0 N–H and O–H groups in total. The number of ether oxygens (including phenoxy) is 1. The van der Waals surface area contributed by atoms with E-state index in [4.69, 9.17) is 4.74 Å². The number of carbonyl (C=O) groups excluding carboxylic acids is 2. The Hall–Kier alpha value is -2.90. The molecule has 0 bridgehead atoms. The van der Waals surface area contributed by atoms with Crippen LogP contribution in [-0.2, 0) is 4.74 Å². The monoisotopic (exact) mass is 357 g/mol. The van der Waals surface area contributed by atoms with Crippen LogP contribution < -0.4 is 0 Å². The summed E-state index contributed by atoms with van der Waals surface area (Å²) in [7, 11) is 0. The van der Waals surface area contributed by atoms with Crippen LogP contribution in [0.1, 0.15) is 31.1 Å². The zero-order chi connectivity index (χ0) is 18.7. The third-order valence-corrected chi connectivity index (χ3v) is 3.95. The van der Waals surface area contributed by atoms with E-state index in [9.17, 15) is 9.59 Å². The molecule has 0 aliphatic carbocycles. The zero-order valence-electron chi connectivity index (χ0n) is 15.3. The zero-order valence-corrected chi connectivity index (χ0v) is 15.3. The fraction of sp³-hybridized carbons (Fsp3) is 0.444. The normalized spacial score (nSPS) is 15.0. The molecular weight excluding hydrogens is 334 g/mol. The molecule has 2 aromatic rings. The van der Waals surface area contributed by atoms with Gasteiger partial charge in [-0.2, -0.15) is 5.10 Å². The third kappa shape index (κ3) is 4.19. The smallest absolute Gasteiger partial charge is 0.410 e. The number of nitrogens with zero attached hydrogens (tertiary/aromatic N) is 5. The molecule has 0 aromatic carbocycles. The van der Waals surface area contributed by atoms with Gasteiger partial charge in [0.1, 0.15) is 5.60 Å². The molecule has 0 unspecified atom stereocenters. The van der Waals surface area contributed by atoms with Gasteiger partial charge in [-0.3, -0.25) is 4.79 Å². The van der Waals surface area contributed by atoms with Gasteiger partial charge in [0.05, 0.1) is 5.56 Å². The first-order chi connectivity index (χ1) is 12.3. The van der Waals surface area contributed by atoms with E-state index in [0.29, 0.717) is 37.6 Å². The second-order valence-electron chi connectivity index (χ2n) is 7.12. The molecule has 26 heavy (non-hydrogen) atoms. The van der Waals surface area contributed by atoms with Gasteiger partial charge in [-0.15, -0.1) is 0 Å². The average Bonchev–Trinajstić information content (AvgIpc) is 3.14. The molecule has 8 nitrogen and oxygen atoms in total. The fourth-order valence-corrected chi connectivity index (χ4v) is 2.65. The summed E-state index contributed by atoms with van der Waals surface area (Å²) >= 11 is 0. The summed E-state index contributed by atoms with van der Waals surface area (Å²) in [4.78, 5) is 32.4. The van der Waals surface area contributed by atoms with Crippen molar-refractivity contribution in [3.8, 4) is 5.82 Å². The Labute approximate surface area is 152 Å². The van der Waals surface area contributed by atoms with Gasteiger partial charge in [0, 0.05) is 44.8 Å². The van der Waals surface area contributed by atoms with Crippen LogP contribution in [0.15, 0.2) is 36.8 Å². The van der Waals surface area contributed by atoms with Crippen molar-refractivity contribution in [3.05, 3.63) is 42.4 Å². The topological polar surface area (TPSA) is 80.6 Å². The highest BCUT2D eigenvalue weighted by Crippen LogP contribution is 2.14. The van der Waals surface area contributed by atoms with E-state index >= 15 is 0 Å². The van der Waals surface area contributed by atoms with E-state index in [1.165, 1.54) is 0 Å². The molecule has 3 heterocycles. The SMILES string of the molecule is CC(C)(C)OC(=O)N1CCN(C(=O)c2ccc(-n3cccn3)nc2)CC1. The molecule has 138 valence electrons. The maximum atomic E-state index is 12.6. The van der Waals surface area contributed by atoms with Gasteiger partial charge in [-0.25, -0.2) is 14.5 Å². The van der Waals surface area contributed by atoms with Crippen LogP contribution in [0.25, 0.3) is 5.82 Å². The first-order valence-corrected chi connectivity index (χ1v) is 8.57. The molecule has 8 heteroatoms. The summed E-state index contributed by atoms with van der Waals surface area (Å²) in [5.41, 5.74) is -0.00178. The average molecular weight is 357 g/mol. The van der Waals surface area contributed by atoms with Crippen molar-refractivity contribution in [2.45, 2.75) is 26.4 Å². The highest BCUT2D eigenvalue weighted by atomic mass is 16.6. The number of aromatic nitrogens is 3. The fourth-order valence-electron chi connectivity index (χ4n) is 2.65. The second-order valence-corrected chi connectivity index (χ2v) is 7.12. The summed E-state index contributed by atoms with van der Waals surface area (Å²) < 4.78 is 7.00. The van der Waals surface area contributed by atoms with Gasteiger partial charge in [0.25, 0.3) is 5.91 Å². The van der Waals surface area contributed by atoms with Crippen molar-refractivity contribution < 1.29 is 14.3 Å². The Morgan fingerprint density at radius 2 is 1.77 bits per heavy atom. The summed E-state index contributed by atoms with van der Waals surface area (Å²) in [6, 6.07) is 5.31. The van der Waals surface area contributed by atoms with Crippen LogP contribution in [0.2, 0.25) is 0 Å². The second kappa shape index (κ2) is 7.15. The lowest BCUT2D eigenvalue weighted by atomic mass is 10.2. The number of carbonyl (C=O) groups is 2. The molecule has 1 aliphatic heterocycles. The van der Waals surface area contributed by atoms with E-state index < -0.39 is 5.60 Å². The Morgan fingerprint density at radius 1 is 1.08 bits per heavy atom. The molecule has 0 radical (unpaired) electrons. The molecule has 0 atom stereocenters. The van der Waals surface area contributed by atoms with Crippen molar-refractivity contribution in [3.63, 3.8) is 0 Å². The predicted octanol–water partition coefficient (Wildman–Crippen LogP) is 1.96. The van der Waals surface area contributed by atoms with Gasteiger partial charge in [0.2, 0.25) is 0 Å². The van der Waals surface area contributed by atoms with Crippen molar-refractivity contribution in [2.24, 2.45) is 0 Å². The molecule has 0 saturated carbocycles. The lowest BCUT2D eigenvalue weighted by molar-refractivity contribution is 0.0141. The number of rotatable bonds is 2. The number of hydrogen-bond acceptors (Lipinski definition) is 5. The van der Waals surface area contributed by atoms with E-state index in [2.05, 4.69) is 10.1 Å². The van der Waals surface area contributed by atoms with Crippen LogP contribution in [0.3, 0.4) is 0 Å². The highest BCUT2D eigenvalue weighted by molar-refractivity contribution is 5.94. The third-order valence-electron chi connectivity index (χ3n) is 3.95. The highest BCUT2D eigenvalue weighted by Gasteiger charge is 2.28. The molecule has 0 spiro atoms. The first kappa shape index (κ1) is 17.9. The molecule has 1 fully saturated rings. The molecule has 1 saturated heterocycles. The molecular formula is C18H23N5O3. The van der Waals surface area contributed by atoms with Crippen LogP contribution >= 0.6 is 0 Å². The quantitative estimate of drug-likeness (QED) is 0.821. The van der Waals surface area contributed by atoms with E-state index in [0.717, 1.165) is 0 Å². The number of amides is 2. The summed E-state index contributed by atoms with van der Waals surface area (Å²) in [5.74, 6) is 0.564. The Morgan fingerprint density at radius 3 is 2.31 bits per heavy atom. The minimum Gasteiger partial charge on any atom is -0.444 e. The van der Waals surface area contributed by atoms with Crippen molar-refractivity contribution in [2.75, 3.05) is 26.2 Å². The Bertz CT molecular complexity index is 757. The molecule has 2 amide bonds. The van der Waals surface area contributed by atoms with Crippen LogP contribution in [0.5, 0.6) is 0 Å². The summed E-state index contributed by atoms with van der Waals surface area (Å²) in [6.07, 6.45) is 4.68. The Kier molecular flexibility index (Phi) is 4.92. The lowest BCUT2D eigenvalue weighted by Gasteiger charge is -2.35. The van der Waals surface area contributed by atoms with Crippen molar-refractivity contribution in [1.82, 2.24) is 24.6 Å². The molecule has 2 aromatic heterocycles. The standard InChI is InChI=1S/C18H23N5O3/c1-18(2,3)26-17(25)22-11-9-21(10-12-22)16(24)14-5-6-15(19-13-14)23-8-4-7-20-23/h4-8,13H,9-12H2,1-3H3. The lowest BCUT2D eigenvalue weighted by Crippen LogP contribution is -2.51. The van der Waals surface area contributed by atoms with Crippen LogP contribution in [0.4, 0.5) is 4.79 Å². The van der Waals surface area contributed by atoms with E-state index in [1.54, 1.807) is 45.2 Å². The summed E-state index contributed by atoms with van der Waals surface area (Å²) in [6.45, 7) is 7.37. The predicted molar refractivity (Wildman–Crippen MR) is 95.1 cm³/mol. The van der Waals surface area contributed by atoms with Gasteiger partial charge >= 0.3 is 6.09 Å². The van der Waals surface area contributed by atoms with Gasteiger partial charge in [0.15, 0.2) is 5.82 Å². The van der Waals surface area contributed by atoms with Crippen molar-refractivity contribution in [1.29, 1.82) is 0 Å². The Balaban J connectivity index is 1.57. The minimum absolute atomic E-state index is 0.0895. The van der Waals surface area contributed by atoms with Gasteiger partial charge in [-0.1, -0.05) is 0 Å². The van der Waals surface area contributed by atoms with E-state index in [-0.39, 0.29) is 12.0 Å². The maximum Gasteiger partial charge on any atom is 0.410 e. The maximum absolute atomic E-state index is 12.6. The van der Waals surface area contributed by atoms with Gasteiger partial charge < -0.3 is 14.5 Å². The number of piperazine rings is 1. The first-order valence-electron chi connectivity index (χ1n) is 8.57.